The van der Waals surface area contributed by atoms with Gasteiger partial charge in [0.25, 0.3) is 0 Å². The third-order valence-corrected chi connectivity index (χ3v) is 4.00. The summed E-state index contributed by atoms with van der Waals surface area (Å²) >= 11 is 0. The van der Waals surface area contributed by atoms with Gasteiger partial charge in [0.1, 0.15) is 6.10 Å². The third-order valence-electron chi connectivity index (χ3n) is 4.00. The fourth-order valence-electron chi connectivity index (χ4n) is 2.73. The maximum absolute atomic E-state index is 12.0. The molecule has 1 unspecified atom stereocenters. The molecule has 0 saturated heterocycles. The molecule has 140 valence electrons. The van der Waals surface area contributed by atoms with Gasteiger partial charge in [0.05, 0.1) is 19.3 Å². The maximum Gasteiger partial charge on any atom is 0.407 e. The molecule has 1 rings (SSSR count). The maximum atomic E-state index is 12.0. The van der Waals surface area contributed by atoms with Gasteiger partial charge in [-0.1, -0.05) is 12.8 Å². The second kappa shape index (κ2) is 10.4. The van der Waals surface area contributed by atoms with Crippen molar-refractivity contribution < 1.29 is 19.1 Å². The first-order chi connectivity index (χ1) is 11.3. The van der Waals surface area contributed by atoms with Gasteiger partial charge in [-0.2, -0.15) is 0 Å². The molecule has 0 bridgehead atoms. The van der Waals surface area contributed by atoms with Crippen LogP contribution in [0.5, 0.6) is 0 Å². The molecule has 0 aromatic rings. The Hall–Kier alpha value is -1.50. The fourth-order valence-corrected chi connectivity index (χ4v) is 2.73. The molecule has 3 amide bonds. The van der Waals surface area contributed by atoms with Gasteiger partial charge < -0.3 is 25.0 Å². The van der Waals surface area contributed by atoms with Crippen LogP contribution in [-0.4, -0.2) is 61.5 Å². The monoisotopic (exact) mass is 343 g/mol. The van der Waals surface area contributed by atoms with Crippen LogP contribution in [0, 0.1) is 0 Å². The zero-order chi connectivity index (χ0) is 18.1. The topological polar surface area (TPSA) is 79.9 Å². The first-order valence-corrected chi connectivity index (χ1v) is 8.90. The molecule has 7 heteroatoms. The molecular weight excluding hydrogens is 310 g/mol. The number of rotatable bonds is 8. The second-order valence-electron chi connectivity index (χ2n) is 6.87. The van der Waals surface area contributed by atoms with E-state index in [0.29, 0.717) is 13.2 Å². The number of nitrogens with one attached hydrogen (secondary N) is 2. The van der Waals surface area contributed by atoms with Crippen molar-refractivity contribution in [3.63, 3.8) is 0 Å². The van der Waals surface area contributed by atoms with Crippen molar-refractivity contribution in [3.05, 3.63) is 0 Å². The van der Waals surface area contributed by atoms with Crippen molar-refractivity contribution >= 4 is 12.1 Å². The first kappa shape index (κ1) is 20.5. The zero-order valence-electron chi connectivity index (χ0n) is 15.6. The Kier molecular flexibility index (Phi) is 8.89. The fraction of sp³-hybridized carbons (Fsp3) is 0.882. The van der Waals surface area contributed by atoms with E-state index < -0.39 is 12.2 Å². The number of hydrogen-bond acceptors (Lipinski definition) is 4. The van der Waals surface area contributed by atoms with E-state index in [1.165, 1.54) is 12.8 Å². The van der Waals surface area contributed by atoms with Gasteiger partial charge >= 0.3 is 12.1 Å². The number of carbonyl (C=O) groups excluding carboxylic acids is 2. The first-order valence-electron chi connectivity index (χ1n) is 8.90. The predicted molar refractivity (Wildman–Crippen MR) is 93.0 cm³/mol. The average Bonchev–Trinajstić information content (AvgIpc) is 3.01. The summed E-state index contributed by atoms with van der Waals surface area (Å²) < 4.78 is 11.4. The van der Waals surface area contributed by atoms with Gasteiger partial charge in [-0.3, -0.25) is 0 Å². The normalized spacial score (nSPS) is 16.3. The van der Waals surface area contributed by atoms with Crippen molar-refractivity contribution in [2.24, 2.45) is 0 Å². The van der Waals surface area contributed by atoms with Crippen LogP contribution in [0.2, 0.25) is 0 Å². The second-order valence-corrected chi connectivity index (χ2v) is 6.87. The minimum absolute atomic E-state index is 0.00399. The number of alkyl carbamates (subject to hydrolysis) is 1. The number of amides is 3. The van der Waals surface area contributed by atoms with Crippen molar-refractivity contribution in [2.75, 3.05) is 20.2 Å². The zero-order valence-corrected chi connectivity index (χ0v) is 15.6. The van der Waals surface area contributed by atoms with Gasteiger partial charge in [-0.05, 0) is 40.5 Å². The van der Waals surface area contributed by atoms with Crippen LogP contribution >= 0.6 is 0 Å². The Morgan fingerprint density at radius 2 is 1.79 bits per heavy atom. The van der Waals surface area contributed by atoms with Crippen LogP contribution in [0.4, 0.5) is 9.59 Å². The van der Waals surface area contributed by atoms with Crippen LogP contribution < -0.4 is 10.6 Å². The van der Waals surface area contributed by atoms with Crippen molar-refractivity contribution in [1.82, 2.24) is 15.5 Å². The van der Waals surface area contributed by atoms with Crippen LogP contribution in [0.25, 0.3) is 0 Å². The van der Waals surface area contributed by atoms with E-state index in [1.807, 2.05) is 27.7 Å². The minimum atomic E-state index is -0.496. The number of carbonyl (C=O) groups is 2. The lowest BCUT2D eigenvalue weighted by molar-refractivity contribution is -0.0249. The van der Waals surface area contributed by atoms with Gasteiger partial charge in [-0.15, -0.1) is 0 Å². The van der Waals surface area contributed by atoms with E-state index in [4.69, 9.17) is 9.47 Å². The van der Waals surface area contributed by atoms with Crippen LogP contribution in [0.1, 0.15) is 53.4 Å². The molecule has 1 aliphatic carbocycles. The third kappa shape index (κ3) is 7.38. The molecule has 0 aliphatic heterocycles. The summed E-state index contributed by atoms with van der Waals surface area (Å²) in [5.74, 6) is 0. The van der Waals surface area contributed by atoms with E-state index >= 15 is 0 Å². The quantitative estimate of drug-likeness (QED) is 0.710. The highest BCUT2D eigenvalue weighted by Gasteiger charge is 2.26. The highest BCUT2D eigenvalue weighted by molar-refractivity contribution is 5.74. The van der Waals surface area contributed by atoms with Gasteiger partial charge in [0.15, 0.2) is 0 Å². The Balaban J connectivity index is 2.66. The lowest BCUT2D eigenvalue weighted by Crippen LogP contribution is -2.49. The van der Waals surface area contributed by atoms with Crippen LogP contribution in [0.15, 0.2) is 0 Å². The molecule has 0 radical (unpaired) electrons. The Morgan fingerprint density at radius 1 is 1.17 bits per heavy atom. The van der Waals surface area contributed by atoms with Gasteiger partial charge in [0, 0.05) is 19.1 Å². The molecule has 2 N–H and O–H groups in total. The summed E-state index contributed by atoms with van der Waals surface area (Å²) in [4.78, 5) is 25.6. The Morgan fingerprint density at radius 3 is 2.29 bits per heavy atom. The lowest BCUT2D eigenvalue weighted by Gasteiger charge is -2.30. The number of hydrogen-bond donors (Lipinski definition) is 2. The number of ether oxygens (including phenoxy) is 2. The summed E-state index contributed by atoms with van der Waals surface area (Å²) in [5.41, 5.74) is 0. The molecule has 1 atom stereocenters. The molecule has 0 aromatic heterocycles. The van der Waals surface area contributed by atoms with E-state index in [-0.39, 0.29) is 24.2 Å². The summed E-state index contributed by atoms with van der Waals surface area (Å²) in [7, 11) is 1.59. The summed E-state index contributed by atoms with van der Waals surface area (Å²) in [5, 5.41) is 5.34. The van der Waals surface area contributed by atoms with E-state index in [2.05, 4.69) is 10.6 Å². The summed E-state index contributed by atoms with van der Waals surface area (Å²) in [6.07, 6.45) is 3.72. The van der Waals surface area contributed by atoms with E-state index in [9.17, 15) is 9.59 Å². The largest absolute Gasteiger partial charge is 0.442 e. The highest BCUT2D eigenvalue weighted by Crippen LogP contribution is 2.21. The molecule has 0 heterocycles. The molecule has 0 spiro atoms. The standard InChI is InChI=1S/C17H33N3O4/c1-12(2)19-17(22)24-15(11-23-14-8-6-7-9-14)10-20(13(3)4)16(21)18-5/h12-15H,6-11H2,1-5H3,(H,18,21)(H,19,22). The van der Waals surface area contributed by atoms with Crippen LogP contribution in [-0.2, 0) is 9.47 Å². The van der Waals surface area contributed by atoms with E-state index in [0.717, 1.165) is 12.8 Å². The predicted octanol–water partition coefficient (Wildman–Crippen LogP) is 2.50. The lowest BCUT2D eigenvalue weighted by atomic mass is 10.2. The molecule has 0 aromatic carbocycles. The van der Waals surface area contributed by atoms with Gasteiger partial charge in [-0.25, -0.2) is 9.59 Å². The summed E-state index contributed by atoms with van der Waals surface area (Å²) in [6.45, 7) is 8.20. The number of urea groups is 1. The molecular formula is C17H33N3O4. The SMILES string of the molecule is CNC(=O)N(CC(COC1CCCC1)OC(=O)NC(C)C)C(C)C. The smallest absolute Gasteiger partial charge is 0.407 e. The highest BCUT2D eigenvalue weighted by atomic mass is 16.6. The van der Waals surface area contributed by atoms with Crippen molar-refractivity contribution in [1.29, 1.82) is 0 Å². The summed E-state index contributed by atoms with van der Waals surface area (Å²) in [6, 6.07) is -0.200. The number of nitrogens with zero attached hydrogens (tertiary/aromatic N) is 1. The molecule has 1 fully saturated rings. The molecule has 24 heavy (non-hydrogen) atoms. The van der Waals surface area contributed by atoms with Crippen molar-refractivity contribution in [2.45, 2.75) is 77.7 Å². The molecule has 1 saturated carbocycles. The average molecular weight is 343 g/mol. The Bertz CT molecular complexity index is 395. The Labute approximate surface area is 145 Å². The van der Waals surface area contributed by atoms with Crippen LogP contribution in [0.3, 0.4) is 0 Å². The van der Waals surface area contributed by atoms with Gasteiger partial charge in [0.2, 0.25) is 0 Å². The molecule has 1 aliphatic rings. The van der Waals surface area contributed by atoms with E-state index in [1.54, 1.807) is 11.9 Å². The molecule has 7 nitrogen and oxygen atoms in total. The van der Waals surface area contributed by atoms with Crippen molar-refractivity contribution in [3.8, 4) is 0 Å². The minimum Gasteiger partial charge on any atom is -0.442 e.